The molecule has 28 heavy (non-hydrogen) atoms. The molecule has 4 aromatic heterocycles. The lowest BCUT2D eigenvalue weighted by molar-refractivity contribution is 0.454. The Hall–Kier alpha value is -3.95. The van der Waals surface area contributed by atoms with Crippen LogP contribution in [-0.4, -0.2) is 40.7 Å². The van der Waals surface area contributed by atoms with Crippen LogP contribution in [0.3, 0.4) is 0 Å². The van der Waals surface area contributed by atoms with Crippen LogP contribution in [0.1, 0.15) is 18.5 Å². The highest BCUT2D eigenvalue weighted by Gasteiger charge is 2.20. The van der Waals surface area contributed by atoms with Gasteiger partial charge in [-0.2, -0.15) is 9.61 Å². The first-order valence-corrected chi connectivity index (χ1v) is 8.79. The summed E-state index contributed by atoms with van der Waals surface area (Å²) in [4.78, 5) is 29.8. The number of aromatic hydroxyl groups is 1. The first-order valence-electron chi connectivity index (χ1n) is 8.79. The molecule has 1 fully saturated rings. The van der Waals surface area contributed by atoms with Crippen LogP contribution in [0.4, 0.5) is 11.6 Å². The zero-order valence-corrected chi connectivity index (χ0v) is 14.6. The third-order valence-electron chi connectivity index (χ3n) is 4.30. The van der Waals surface area contributed by atoms with Gasteiger partial charge in [-0.3, -0.25) is 9.98 Å². The van der Waals surface area contributed by atoms with Crippen LogP contribution >= 0.6 is 0 Å². The second-order valence-electron chi connectivity index (χ2n) is 6.52. The normalized spacial score (nSPS) is 15.4. The van der Waals surface area contributed by atoms with Crippen molar-refractivity contribution in [2.24, 2.45) is 4.99 Å². The Labute approximate surface area is 157 Å². The van der Waals surface area contributed by atoms with Gasteiger partial charge in [0.1, 0.15) is 17.3 Å². The number of fused-ring (bicyclic) bond motifs is 1. The molecule has 140 valence electrons. The van der Waals surface area contributed by atoms with Gasteiger partial charge in [0.15, 0.2) is 11.1 Å². The maximum Gasteiger partial charge on any atom is 0.326 e. The number of aromatic nitrogens is 6. The average Bonchev–Trinajstić information content (AvgIpc) is 3.32. The van der Waals surface area contributed by atoms with Gasteiger partial charge in [0.2, 0.25) is 5.88 Å². The number of aromatic amines is 2. The van der Waals surface area contributed by atoms with E-state index >= 15 is 0 Å². The van der Waals surface area contributed by atoms with E-state index in [9.17, 15) is 9.90 Å². The number of rotatable bonds is 4. The Morgan fingerprint density at radius 1 is 1.29 bits per heavy atom. The van der Waals surface area contributed by atoms with Crippen molar-refractivity contribution in [3.05, 3.63) is 63.5 Å². The Balaban J connectivity index is 1.70. The van der Waals surface area contributed by atoms with Crippen molar-refractivity contribution in [2.45, 2.75) is 18.9 Å². The Bertz CT molecular complexity index is 1330. The minimum Gasteiger partial charge on any atom is -0.493 e. The molecule has 0 bridgehead atoms. The van der Waals surface area contributed by atoms with Crippen LogP contribution in [-0.2, 0) is 0 Å². The number of nitrogens with one attached hydrogen (secondary N) is 3. The molecule has 4 heterocycles. The fourth-order valence-electron chi connectivity index (χ4n) is 2.83. The van der Waals surface area contributed by atoms with Gasteiger partial charge in [-0.05, 0) is 31.1 Å². The highest BCUT2D eigenvalue weighted by Crippen LogP contribution is 2.22. The predicted molar refractivity (Wildman–Crippen MR) is 101 cm³/mol. The molecule has 0 unspecified atom stereocenters. The summed E-state index contributed by atoms with van der Waals surface area (Å²) < 4.78 is 1.65. The molecule has 0 saturated heterocycles. The lowest BCUT2D eigenvalue weighted by Gasteiger charge is -2.05. The second kappa shape index (κ2) is 6.34. The van der Waals surface area contributed by atoms with Gasteiger partial charge < -0.3 is 15.4 Å². The van der Waals surface area contributed by atoms with Crippen molar-refractivity contribution in [2.75, 3.05) is 5.32 Å². The van der Waals surface area contributed by atoms with E-state index in [2.05, 4.69) is 30.4 Å². The number of imidazole rings is 1. The Morgan fingerprint density at radius 3 is 2.89 bits per heavy atom. The molecule has 1 aliphatic rings. The van der Waals surface area contributed by atoms with E-state index in [1.54, 1.807) is 23.0 Å². The lowest BCUT2D eigenvalue weighted by Crippen LogP contribution is -2.20. The molecular weight excluding hydrogens is 360 g/mol. The van der Waals surface area contributed by atoms with Crippen LogP contribution < -0.4 is 21.7 Å². The largest absolute Gasteiger partial charge is 0.493 e. The molecule has 0 aromatic carbocycles. The highest BCUT2D eigenvalue weighted by atomic mass is 16.3. The van der Waals surface area contributed by atoms with Crippen molar-refractivity contribution in [3.63, 3.8) is 0 Å². The lowest BCUT2D eigenvalue weighted by atomic mass is 10.3. The van der Waals surface area contributed by atoms with Gasteiger partial charge in [0.25, 0.3) is 0 Å². The van der Waals surface area contributed by atoms with E-state index in [0.29, 0.717) is 34.0 Å². The molecule has 0 amide bonds. The molecule has 4 aromatic rings. The van der Waals surface area contributed by atoms with E-state index < -0.39 is 5.69 Å². The first-order chi connectivity index (χ1) is 13.7. The molecule has 10 nitrogen and oxygen atoms in total. The number of nitrogens with zero attached hydrogens (tertiary/aromatic N) is 5. The average molecular weight is 376 g/mol. The van der Waals surface area contributed by atoms with Crippen molar-refractivity contribution in [3.8, 4) is 5.88 Å². The number of hydrogen-bond acceptors (Lipinski definition) is 7. The van der Waals surface area contributed by atoms with E-state index in [-0.39, 0.29) is 11.6 Å². The van der Waals surface area contributed by atoms with Crippen LogP contribution in [0, 0.1) is 0 Å². The molecule has 5 rings (SSSR count). The van der Waals surface area contributed by atoms with E-state index in [1.807, 2.05) is 24.3 Å². The topological polar surface area (TPSA) is 136 Å². The molecule has 10 heteroatoms. The van der Waals surface area contributed by atoms with Crippen molar-refractivity contribution >= 4 is 23.4 Å². The van der Waals surface area contributed by atoms with Gasteiger partial charge in [0.05, 0.1) is 12.2 Å². The molecule has 0 atom stereocenters. The fraction of sp³-hybridized carbons (Fsp3) is 0.167. The van der Waals surface area contributed by atoms with Gasteiger partial charge >= 0.3 is 5.69 Å². The minimum atomic E-state index is -0.491. The summed E-state index contributed by atoms with van der Waals surface area (Å²) in [6.45, 7) is 0. The van der Waals surface area contributed by atoms with Crippen LogP contribution in [0.2, 0.25) is 0 Å². The second-order valence-corrected chi connectivity index (χ2v) is 6.52. The smallest absolute Gasteiger partial charge is 0.326 e. The number of pyridine rings is 1. The van der Waals surface area contributed by atoms with Crippen LogP contribution in [0.5, 0.6) is 5.88 Å². The van der Waals surface area contributed by atoms with Crippen LogP contribution in [0.25, 0.3) is 11.7 Å². The third-order valence-corrected chi connectivity index (χ3v) is 4.30. The standard InChI is InChI=1S/C18H16N8O2/c27-17-12(22-18(28)25-17)7-10-9-20-26-15(21-11-4-5-11)8-14(24-16(10)26)23-13-3-1-2-6-19-13/h1-3,6-9,11,27H,4-5H2,(H,19,23)(H2,22,25,28)/b10-7+,21-15?. The molecule has 0 aliphatic heterocycles. The maximum atomic E-state index is 11.4. The summed E-state index contributed by atoms with van der Waals surface area (Å²) >= 11 is 0. The fourth-order valence-corrected chi connectivity index (χ4v) is 2.83. The Kier molecular flexibility index (Phi) is 3.68. The summed E-state index contributed by atoms with van der Waals surface area (Å²) in [5, 5.41) is 18.0. The van der Waals surface area contributed by atoms with Crippen molar-refractivity contribution in [1.29, 1.82) is 0 Å². The molecule has 0 radical (unpaired) electrons. The zero-order valence-electron chi connectivity index (χ0n) is 14.6. The monoisotopic (exact) mass is 376 g/mol. The van der Waals surface area contributed by atoms with E-state index in [4.69, 9.17) is 4.99 Å². The van der Waals surface area contributed by atoms with Gasteiger partial charge in [0, 0.05) is 17.5 Å². The summed E-state index contributed by atoms with van der Waals surface area (Å²) in [6.07, 6.45) is 7.04. The maximum absolute atomic E-state index is 11.4. The van der Waals surface area contributed by atoms with E-state index in [0.717, 1.165) is 12.8 Å². The molecule has 1 saturated carbocycles. The highest BCUT2D eigenvalue weighted by molar-refractivity contribution is 5.59. The predicted octanol–water partition coefficient (Wildman–Crippen LogP) is 0.201. The number of anilines is 2. The molecule has 0 spiro atoms. The number of H-pyrrole nitrogens is 2. The van der Waals surface area contributed by atoms with Gasteiger partial charge in [-0.15, -0.1) is 0 Å². The first kappa shape index (κ1) is 16.2. The quantitative estimate of drug-likeness (QED) is 0.402. The van der Waals surface area contributed by atoms with Crippen molar-refractivity contribution < 1.29 is 5.11 Å². The number of hydrogen-bond donors (Lipinski definition) is 4. The summed E-state index contributed by atoms with van der Waals surface area (Å²) in [5.74, 6) is 0.997. The minimum absolute atomic E-state index is 0.241. The summed E-state index contributed by atoms with van der Waals surface area (Å²) in [5.41, 5.74) is 0.986. The molecular formula is C18H16N8O2. The molecule has 4 N–H and O–H groups in total. The molecule has 1 aliphatic carbocycles. The zero-order chi connectivity index (χ0) is 19.1. The Morgan fingerprint density at radius 2 is 2.18 bits per heavy atom. The third kappa shape index (κ3) is 3.11. The van der Waals surface area contributed by atoms with Crippen molar-refractivity contribution in [1.82, 2.24) is 29.5 Å². The SMILES string of the molecule is O=c1[nH]c(O)c(/C=c2\cnn3c(=NC4CC4)cc(Nc4ccccn4)nc23)[nH]1. The van der Waals surface area contributed by atoms with Gasteiger partial charge in [-0.1, -0.05) is 6.07 Å². The summed E-state index contributed by atoms with van der Waals surface area (Å²) in [6, 6.07) is 7.69. The van der Waals surface area contributed by atoms with Crippen LogP contribution in [0.15, 0.2) is 46.4 Å². The van der Waals surface area contributed by atoms with E-state index in [1.165, 1.54) is 0 Å². The van der Waals surface area contributed by atoms with Gasteiger partial charge in [-0.25, -0.2) is 14.8 Å². The summed E-state index contributed by atoms with van der Waals surface area (Å²) in [7, 11) is 0.